The predicted molar refractivity (Wildman–Crippen MR) is 152 cm³/mol. The Morgan fingerprint density at radius 3 is 2.29 bits per heavy atom. The number of likely N-dealkylation sites (tertiary alicyclic amines) is 1. The average Bonchev–Trinajstić information content (AvgIpc) is 3.13. The topological polar surface area (TPSA) is 66.9 Å². The van der Waals surface area contributed by atoms with Crippen LogP contribution in [0, 0.1) is 5.92 Å². The van der Waals surface area contributed by atoms with Crippen molar-refractivity contribution >= 4 is 30.1 Å². The summed E-state index contributed by atoms with van der Waals surface area (Å²) in [5.41, 5.74) is 4.86. The molecule has 206 valence electrons. The Labute approximate surface area is 233 Å². The third-order valence-electron chi connectivity index (χ3n) is 7.77. The number of halogens is 1. The number of ketones is 1. The van der Waals surface area contributed by atoms with Gasteiger partial charge < -0.3 is 9.64 Å². The largest absolute Gasteiger partial charge is 0.466 e. The lowest BCUT2D eigenvalue weighted by atomic mass is 9.89. The molecular formula is C31H41ClN2O4. The lowest BCUT2D eigenvalue weighted by molar-refractivity contribution is -0.146. The third kappa shape index (κ3) is 8.67. The Hall–Kier alpha value is -2.70. The highest BCUT2D eigenvalue weighted by Gasteiger charge is 2.24. The Bertz CT molecular complexity index is 1070. The molecule has 2 heterocycles. The summed E-state index contributed by atoms with van der Waals surface area (Å²) < 4.78 is 4.91. The molecule has 2 aliphatic rings. The van der Waals surface area contributed by atoms with Gasteiger partial charge in [-0.2, -0.15) is 0 Å². The zero-order valence-electron chi connectivity index (χ0n) is 22.5. The van der Waals surface area contributed by atoms with Gasteiger partial charge in [-0.3, -0.25) is 19.3 Å². The molecule has 0 atom stereocenters. The second-order valence-corrected chi connectivity index (χ2v) is 10.3. The normalized spacial score (nSPS) is 16.2. The summed E-state index contributed by atoms with van der Waals surface area (Å²) in [7, 11) is 0. The summed E-state index contributed by atoms with van der Waals surface area (Å²) in [4.78, 5) is 41.3. The van der Waals surface area contributed by atoms with Gasteiger partial charge in [0.05, 0.1) is 13.0 Å². The fourth-order valence-electron chi connectivity index (χ4n) is 5.50. The van der Waals surface area contributed by atoms with E-state index in [2.05, 4.69) is 47.4 Å². The van der Waals surface area contributed by atoms with E-state index in [0.29, 0.717) is 32.0 Å². The van der Waals surface area contributed by atoms with Gasteiger partial charge in [-0.1, -0.05) is 42.5 Å². The van der Waals surface area contributed by atoms with Crippen molar-refractivity contribution in [1.82, 2.24) is 9.80 Å². The van der Waals surface area contributed by atoms with E-state index in [1.165, 1.54) is 16.7 Å². The lowest BCUT2D eigenvalue weighted by Gasteiger charge is -2.32. The number of esters is 1. The lowest BCUT2D eigenvalue weighted by Crippen LogP contribution is -2.38. The van der Waals surface area contributed by atoms with E-state index in [1.54, 1.807) is 6.92 Å². The van der Waals surface area contributed by atoms with Crippen molar-refractivity contribution in [3.8, 4) is 0 Å². The Morgan fingerprint density at radius 1 is 0.868 bits per heavy atom. The molecule has 0 N–H and O–H groups in total. The van der Waals surface area contributed by atoms with Gasteiger partial charge in [-0.25, -0.2) is 0 Å². The van der Waals surface area contributed by atoms with Crippen molar-refractivity contribution in [2.45, 2.75) is 64.8 Å². The first kappa shape index (κ1) is 29.9. The molecule has 0 unspecified atom stereocenters. The standard InChI is InChI=1S/C31H40N2O4.ClH/c1-2-37-31(36)13-12-30(35)33-20-14-24(15-21-33)8-11-29(34)28-10-9-26-16-18-32(19-17-27(26)22-28)23-25-6-4-3-5-7-25;/h3-7,9-10,22,24H,2,8,11-21,23H2,1H3;1H. The zero-order valence-corrected chi connectivity index (χ0v) is 23.3. The fourth-order valence-corrected chi connectivity index (χ4v) is 5.50. The summed E-state index contributed by atoms with van der Waals surface area (Å²) in [5.74, 6) is 0.396. The van der Waals surface area contributed by atoms with Crippen LogP contribution in [0.2, 0.25) is 0 Å². The second-order valence-electron chi connectivity index (χ2n) is 10.3. The van der Waals surface area contributed by atoms with Crippen LogP contribution in [0.15, 0.2) is 48.5 Å². The van der Waals surface area contributed by atoms with E-state index < -0.39 is 0 Å². The highest BCUT2D eigenvalue weighted by molar-refractivity contribution is 5.96. The summed E-state index contributed by atoms with van der Waals surface area (Å²) in [6, 6.07) is 16.9. The smallest absolute Gasteiger partial charge is 0.306 e. The summed E-state index contributed by atoms with van der Waals surface area (Å²) in [5, 5.41) is 0. The van der Waals surface area contributed by atoms with Crippen LogP contribution in [0.1, 0.15) is 72.5 Å². The van der Waals surface area contributed by atoms with Crippen LogP contribution in [-0.4, -0.2) is 60.2 Å². The fraction of sp³-hybridized carbons (Fsp3) is 0.516. The maximum Gasteiger partial charge on any atom is 0.306 e. The third-order valence-corrected chi connectivity index (χ3v) is 7.77. The number of carbonyl (C=O) groups is 3. The van der Waals surface area contributed by atoms with Crippen molar-refractivity contribution < 1.29 is 19.1 Å². The molecule has 0 saturated carbocycles. The minimum Gasteiger partial charge on any atom is -0.466 e. The number of nitrogens with zero attached hydrogens (tertiary/aromatic N) is 2. The molecule has 2 aliphatic heterocycles. The Morgan fingerprint density at radius 2 is 1.58 bits per heavy atom. The van der Waals surface area contributed by atoms with Crippen LogP contribution in [-0.2, 0) is 33.7 Å². The van der Waals surface area contributed by atoms with E-state index >= 15 is 0 Å². The first-order valence-corrected chi connectivity index (χ1v) is 13.9. The van der Waals surface area contributed by atoms with Crippen molar-refractivity contribution in [1.29, 1.82) is 0 Å². The number of Topliss-reactive ketones (excluding diaryl/α,β-unsaturated/α-hetero) is 1. The molecule has 1 saturated heterocycles. The molecule has 0 bridgehead atoms. The Kier molecular flexibility index (Phi) is 11.8. The van der Waals surface area contributed by atoms with Gasteiger partial charge >= 0.3 is 5.97 Å². The number of hydrogen-bond donors (Lipinski definition) is 0. The van der Waals surface area contributed by atoms with Crippen LogP contribution in [0.25, 0.3) is 0 Å². The number of rotatable bonds is 10. The zero-order chi connectivity index (χ0) is 26.0. The minimum absolute atomic E-state index is 0. The molecule has 0 aliphatic carbocycles. The van der Waals surface area contributed by atoms with Crippen molar-refractivity contribution in [3.63, 3.8) is 0 Å². The molecular weight excluding hydrogens is 500 g/mol. The number of benzene rings is 2. The van der Waals surface area contributed by atoms with Gasteiger partial charge in [0.2, 0.25) is 5.91 Å². The van der Waals surface area contributed by atoms with Gasteiger partial charge in [0.15, 0.2) is 5.78 Å². The first-order valence-electron chi connectivity index (χ1n) is 13.9. The van der Waals surface area contributed by atoms with Crippen molar-refractivity contribution in [3.05, 3.63) is 70.8 Å². The number of hydrogen-bond acceptors (Lipinski definition) is 5. The van der Waals surface area contributed by atoms with E-state index in [0.717, 1.165) is 57.3 Å². The Balaban J connectivity index is 0.00000400. The molecule has 7 heteroatoms. The summed E-state index contributed by atoms with van der Waals surface area (Å²) >= 11 is 0. The monoisotopic (exact) mass is 540 g/mol. The molecule has 4 rings (SSSR count). The maximum atomic E-state index is 13.0. The molecule has 2 aromatic carbocycles. The van der Waals surface area contributed by atoms with Crippen LogP contribution < -0.4 is 0 Å². The number of amides is 1. The molecule has 1 amide bonds. The van der Waals surface area contributed by atoms with Crippen molar-refractivity contribution in [2.24, 2.45) is 5.92 Å². The van der Waals surface area contributed by atoms with Gasteiger partial charge in [0.25, 0.3) is 0 Å². The molecule has 0 spiro atoms. The second kappa shape index (κ2) is 15.0. The van der Waals surface area contributed by atoms with Crippen LogP contribution >= 0.6 is 12.4 Å². The van der Waals surface area contributed by atoms with E-state index in [1.807, 2.05) is 11.0 Å². The average molecular weight is 541 g/mol. The quantitative estimate of drug-likeness (QED) is 0.304. The minimum atomic E-state index is -0.313. The predicted octanol–water partition coefficient (Wildman–Crippen LogP) is 5.25. The number of fused-ring (bicyclic) bond motifs is 1. The van der Waals surface area contributed by atoms with Crippen LogP contribution in [0.5, 0.6) is 0 Å². The summed E-state index contributed by atoms with van der Waals surface area (Å²) in [6.07, 6.45) is 5.61. The number of carbonyl (C=O) groups excluding carboxylic acids is 3. The van der Waals surface area contributed by atoms with Gasteiger partial charge in [-0.05, 0) is 67.7 Å². The van der Waals surface area contributed by atoms with E-state index in [4.69, 9.17) is 4.74 Å². The van der Waals surface area contributed by atoms with Gasteiger partial charge in [0.1, 0.15) is 0 Å². The van der Waals surface area contributed by atoms with Gasteiger partial charge in [0, 0.05) is 51.1 Å². The van der Waals surface area contributed by atoms with E-state index in [9.17, 15) is 14.4 Å². The molecule has 38 heavy (non-hydrogen) atoms. The van der Waals surface area contributed by atoms with E-state index in [-0.39, 0.29) is 42.9 Å². The van der Waals surface area contributed by atoms with Crippen LogP contribution in [0.3, 0.4) is 0 Å². The molecule has 0 aromatic heterocycles. The molecule has 1 fully saturated rings. The highest BCUT2D eigenvalue weighted by Crippen LogP contribution is 2.25. The number of ether oxygens (including phenoxy) is 1. The molecule has 2 aromatic rings. The first-order chi connectivity index (χ1) is 18.0. The summed E-state index contributed by atoms with van der Waals surface area (Å²) in [6.45, 7) is 6.54. The molecule has 6 nitrogen and oxygen atoms in total. The SMILES string of the molecule is CCOC(=O)CCC(=O)N1CCC(CCC(=O)c2ccc3c(c2)CCN(Cc2ccccc2)CC3)CC1.Cl. The van der Waals surface area contributed by atoms with Crippen LogP contribution in [0.4, 0.5) is 0 Å². The van der Waals surface area contributed by atoms with Crippen molar-refractivity contribution in [2.75, 3.05) is 32.8 Å². The number of piperidine rings is 1. The maximum absolute atomic E-state index is 13.0. The van der Waals surface area contributed by atoms with Gasteiger partial charge in [-0.15, -0.1) is 12.4 Å². The highest BCUT2D eigenvalue weighted by atomic mass is 35.5. The molecule has 0 radical (unpaired) electrons.